The lowest BCUT2D eigenvalue weighted by atomic mass is 10.2. The molecule has 0 aromatic rings. The van der Waals surface area contributed by atoms with E-state index in [1.54, 1.807) is 13.8 Å². The molecule has 0 radical (unpaired) electrons. The highest BCUT2D eigenvalue weighted by Crippen LogP contribution is 1.87. The van der Waals surface area contributed by atoms with Gasteiger partial charge in [-0.25, -0.2) is 0 Å². The Hall–Kier alpha value is -0.860. The molecule has 3 heteroatoms. The van der Waals surface area contributed by atoms with Crippen LogP contribution in [0.4, 0.5) is 0 Å². The molecule has 0 fully saturated rings. The third-order valence-electron chi connectivity index (χ3n) is 1.35. The van der Waals surface area contributed by atoms with Crippen molar-refractivity contribution in [1.82, 2.24) is 5.32 Å². The maximum Gasteiger partial charge on any atom is 0.219 e. The summed E-state index contributed by atoms with van der Waals surface area (Å²) >= 11 is 0. The van der Waals surface area contributed by atoms with Gasteiger partial charge in [0, 0.05) is 19.4 Å². The molecule has 0 saturated carbocycles. The van der Waals surface area contributed by atoms with E-state index < -0.39 is 0 Å². The number of hydrogen-bond acceptors (Lipinski definition) is 2. The lowest BCUT2D eigenvalue weighted by molar-refractivity contribution is -0.121. The van der Waals surface area contributed by atoms with Crippen LogP contribution >= 0.6 is 0 Å². The first-order chi connectivity index (χ1) is 5.16. The molecule has 0 aromatic carbocycles. The van der Waals surface area contributed by atoms with Crippen molar-refractivity contribution >= 4 is 11.7 Å². The average molecular weight is 157 g/mol. The smallest absolute Gasteiger partial charge is 0.219 e. The van der Waals surface area contributed by atoms with E-state index in [-0.39, 0.29) is 11.7 Å². The SMILES string of the molecule is CCC(=O)NCCCC(C)=O. The van der Waals surface area contributed by atoms with E-state index in [0.717, 1.165) is 6.42 Å². The van der Waals surface area contributed by atoms with E-state index >= 15 is 0 Å². The molecule has 0 bridgehead atoms. The van der Waals surface area contributed by atoms with Crippen LogP contribution in [0.3, 0.4) is 0 Å². The summed E-state index contributed by atoms with van der Waals surface area (Å²) in [6.07, 6.45) is 1.82. The fourth-order valence-electron chi connectivity index (χ4n) is 0.690. The third kappa shape index (κ3) is 7.03. The highest BCUT2D eigenvalue weighted by molar-refractivity contribution is 5.76. The largest absolute Gasteiger partial charge is 0.356 e. The molecule has 64 valence electrons. The van der Waals surface area contributed by atoms with Gasteiger partial charge in [-0.2, -0.15) is 0 Å². The predicted molar refractivity (Wildman–Crippen MR) is 43.2 cm³/mol. The minimum Gasteiger partial charge on any atom is -0.356 e. The first kappa shape index (κ1) is 10.1. The number of hydrogen-bond donors (Lipinski definition) is 1. The summed E-state index contributed by atoms with van der Waals surface area (Å²) in [5.41, 5.74) is 0. The Bertz CT molecular complexity index is 143. The molecule has 0 atom stereocenters. The van der Waals surface area contributed by atoms with E-state index in [1.165, 1.54) is 0 Å². The number of amides is 1. The highest BCUT2D eigenvalue weighted by Gasteiger charge is 1.96. The summed E-state index contributed by atoms with van der Waals surface area (Å²) in [6.45, 7) is 3.98. The molecule has 0 spiro atoms. The second kappa shape index (κ2) is 5.89. The van der Waals surface area contributed by atoms with Gasteiger partial charge in [-0.3, -0.25) is 4.79 Å². The second-order valence-electron chi connectivity index (χ2n) is 2.51. The standard InChI is InChI=1S/C8H15NO2/c1-3-8(11)9-6-4-5-7(2)10/h3-6H2,1-2H3,(H,9,11). The maximum absolute atomic E-state index is 10.7. The molecule has 0 rings (SSSR count). The number of carbonyl (C=O) groups excluding carboxylic acids is 2. The number of Topliss-reactive ketones (excluding diaryl/α,β-unsaturated/α-hetero) is 1. The molecule has 0 aromatic heterocycles. The zero-order valence-electron chi connectivity index (χ0n) is 7.14. The van der Waals surface area contributed by atoms with Gasteiger partial charge in [-0.05, 0) is 13.3 Å². The lowest BCUT2D eigenvalue weighted by Gasteiger charge is -2.00. The van der Waals surface area contributed by atoms with Crippen molar-refractivity contribution in [2.24, 2.45) is 0 Å². The van der Waals surface area contributed by atoms with Crippen molar-refractivity contribution in [1.29, 1.82) is 0 Å². The van der Waals surface area contributed by atoms with Gasteiger partial charge in [0.1, 0.15) is 5.78 Å². The van der Waals surface area contributed by atoms with E-state index in [4.69, 9.17) is 0 Å². The summed E-state index contributed by atoms with van der Waals surface area (Å²) in [5, 5.41) is 2.70. The second-order valence-corrected chi connectivity index (χ2v) is 2.51. The predicted octanol–water partition coefficient (Wildman–Crippen LogP) is 0.882. The van der Waals surface area contributed by atoms with Crippen molar-refractivity contribution in [2.45, 2.75) is 33.1 Å². The van der Waals surface area contributed by atoms with Crippen LogP contribution in [-0.4, -0.2) is 18.2 Å². The summed E-state index contributed by atoms with van der Waals surface area (Å²) < 4.78 is 0. The van der Waals surface area contributed by atoms with Crippen molar-refractivity contribution in [2.75, 3.05) is 6.54 Å². The van der Waals surface area contributed by atoms with Crippen LogP contribution in [0, 0.1) is 0 Å². The maximum atomic E-state index is 10.7. The Morgan fingerprint density at radius 2 is 2.00 bits per heavy atom. The van der Waals surface area contributed by atoms with Crippen LogP contribution in [-0.2, 0) is 9.59 Å². The molecule has 0 unspecified atom stereocenters. The zero-order chi connectivity index (χ0) is 8.69. The van der Waals surface area contributed by atoms with Crippen molar-refractivity contribution in [3.05, 3.63) is 0 Å². The average Bonchev–Trinajstić information content (AvgIpc) is 1.97. The quantitative estimate of drug-likeness (QED) is 0.602. The van der Waals surface area contributed by atoms with Gasteiger partial charge in [0.2, 0.25) is 5.91 Å². The number of nitrogens with one attached hydrogen (secondary N) is 1. The number of carbonyl (C=O) groups is 2. The van der Waals surface area contributed by atoms with Gasteiger partial charge in [0.15, 0.2) is 0 Å². The van der Waals surface area contributed by atoms with Gasteiger partial charge >= 0.3 is 0 Å². The van der Waals surface area contributed by atoms with Gasteiger partial charge in [0.05, 0.1) is 0 Å². The van der Waals surface area contributed by atoms with Crippen LogP contribution in [0.5, 0.6) is 0 Å². The minimum atomic E-state index is 0.0496. The Morgan fingerprint density at radius 1 is 1.36 bits per heavy atom. The fourth-order valence-corrected chi connectivity index (χ4v) is 0.690. The molecule has 1 N–H and O–H groups in total. The Kier molecular flexibility index (Phi) is 5.43. The van der Waals surface area contributed by atoms with E-state index in [1.807, 2.05) is 0 Å². The van der Waals surface area contributed by atoms with E-state index in [2.05, 4.69) is 5.32 Å². The number of ketones is 1. The first-order valence-electron chi connectivity index (χ1n) is 3.93. The highest BCUT2D eigenvalue weighted by atomic mass is 16.1. The number of rotatable bonds is 5. The molecular formula is C8H15NO2. The fraction of sp³-hybridized carbons (Fsp3) is 0.750. The summed E-state index contributed by atoms with van der Waals surface area (Å²) in [5.74, 6) is 0.226. The normalized spacial score (nSPS) is 9.27. The van der Waals surface area contributed by atoms with Gasteiger partial charge < -0.3 is 10.1 Å². The Labute approximate surface area is 67.2 Å². The van der Waals surface area contributed by atoms with E-state index in [9.17, 15) is 9.59 Å². The van der Waals surface area contributed by atoms with Gasteiger partial charge in [-0.15, -0.1) is 0 Å². The van der Waals surface area contributed by atoms with Crippen molar-refractivity contribution in [3.63, 3.8) is 0 Å². The van der Waals surface area contributed by atoms with Crippen molar-refractivity contribution in [3.8, 4) is 0 Å². The van der Waals surface area contributed by atoms with Crippen LogP contribution < -0.4 is 5.32 Å². The van der Waals surface area contributed by atoms with Crippen LogP contribution in [0.15, 0.2) is 0 Å². The molecule has 0 aliphatic heterocycles. The summed E-state index contributed by atoms with van der Waals surface area (Å²) in [6, 6.07) is 0. The summed E-state index contributed by atoms with van der Waals surface area (Å²) in [7, 11) is 0. The van der Waals surface area contributed by atoms with Crippen LogP contribution in [0.1, 0.15) is 33.1 Å². The topological polar surface area (TPSA) is 46.2 Å². The third-order valence-corrected chi connectivity index (χ3v) is 1.35. The Balaban J connectivity index is 3.14. The van der Waals surface area contributed by atoms with Gasteiger partial charge in [-0.1, -0.05) is 6.92 Å². The molecule has 0 heterocycles. The minimum absolute atomic E-state index is 0.0496. The summed E-state index contributed by atoms with van der Waals surface area (Å²) in [4.78, 5) is 21.1. The van der Waals surface area contributed by atoms with Crippen LogP contribution in [0.2, 0.25) is 0 Å². The van der Waals surface area contributed by atoms with Crippen LogP contribution in [0.25, 0.3) is 0 Å². The molecule has 11 heavy (non-hydrogen) atoms. The van der Waals surface area contributed by atoms with Crippen molar-refractivity contribution < 1.29 is 9.59 Å². The molecule has 0 aliphatic rings. The molecule has 0 aliphatic carbocycles. The molecule has 1 amide bonds. The first-order valence-corrected chi connectivity index (χ1v) is 3.93. The molecular weight excluding hydrogens is 142 g/mol. The van der Waals surface area contributed by atoms with E-state index in [0.29, 0.717) is 19.4 Å². The van der Waals surface area contributed by atoms with Gasteiger partial charge in [0.25, 0.3) is 0 Å². The molecule has 0 saturated heterocycles. The lowest BCUT2D eigenvalue weighted by Crippen LogP contribution is -2.23. The molecule has 3 nitrogen and oxygen atoms in total. The Morgan fingerprint density at radius 3 is 2.45 bits per heavy atom. The monoisotopic (exact) mass is 157 g/mol. The zero-order valence-corrected chi connectivity index (χ0v) is 7.14.